The Morgan fingerprint density at radius 1 is 0.735 bits per heavy atom. The van der Waals surface area contributed by atoms with Crippen molar-refractivity contribution < 1.29 is 40.6 Å². The number of hydrogen-bond donors (Lipinski definition) is 0. The van der Waals surface area contributed by atoms with Crippen LogP contribution in [0.5, 0.6) is 17.2 Å². The maximum atomic E-state index is 13.9. The number of hydrogen-bond acceptors (Lipinski definition) is 5. The molecule has 5 nitrogen and oxygen atoms in total. The first kappa shape index (κ1) is 23.1. The van der Waals surface area contributed by atoms with Gasteiger partial charge in [-0.2, -0.15) is 0 Å². The van der Waals surface area contributed by atoms with Crippen LogP contribution in [0.15, 0.2) is 51.7 Å². The van der Waals surface area contributed by atoms with Gasteiger partial charge in [0, 0.05) is 17.0 Å². The maximum Gasteiger partial charge on any atom is 0.344 e. The molecule has 0 fully saturated rings. The van der Waals surface area contributed by atoms with Gasteiger partial charge in [-0.3, -0.25) is 0 Å². The molecule has 0 amide bonds. The van der Waals surface area contributed by atoms with Gasteiger partial charge in [-0.1, -0.05) is 0 Å². The van der Waals surface area contributed by atoms with E-state index in [9.17, 15) is 26.7 Å². The first-order valence-corrected chi connectivity index (χ1v) is 9.68. The molecular weight excluding hydrogens is 463 g/mol. The second-order valence-electron chi connectivity index (χ2n) is 7.05. The van der Waals surface area contributed by atoms with Crippen molar-refractivity contribution in [1.29, 1.82) is 0 Å². The standard InChI is InChI=1S/C24H15F5O5/c1-31-12-5-6-17(32-2)14(8-12)15-7-11-3-4-13(9-18(11)34-24(15)30)33-10-16-19(25)21(27)23(29)22(28)20(16)26/h3-9H,10H2,1-2H3. The largest absolute Gasteiger partial charge is 0.497 e. The third-order valence-electron chi connectivity index (χ3n) is 5.09. The van der Waals surface area contributed by atoms with E-state index in [1.807, 2.05) is 0 Å². The summed E-state index contributed by atoms with van der Waals surface area (Å²) >= 11 is 0. The average Bonchev–Trinajstić information content (AvgIpc) is 2.85. The molecular formula is C24H15F5O5. The molecule has 0 unspecified atom stereocenters. The molecule has 0 spiro atoms. The Bertz CT molecular complexity index is 1440. The number of benzene rings is 3. The van der Waals surface area contributed by atoms with Crippen LogP contribution in [0.1, 0.15) is 5.56 Å². The number of halogens is 5. The van der Waals surface area contributed by atoms with Gasteiger partial charge in [-0.25, -0.2) is 26.7 Å². The van der Waals surface area contributed by atoms with E-state index >= 15 is 0 Å². The van der Waals surface area contributed by atoms with Crippen molar-refractivity contribution in [2.45, 2.75) is 6.61 Å². The maximum absolute atomic E-state index is 13.9. The minimum atomic E-state index is -2.25. The van der Waals surface area contributed by atoms with Crippen LogP contribution in [0.25, 0.3) is 22.1 Å². The molecule has 0 aliphatic carbocycles. The molecule has 4 rings (SSSR count). The molecule has 0 saturated heterocycles. The Kier molecular flexibility index (Phi) is 6.14. The number of rotatable bonds is 6. The van der Waals surface area contributed by atoms with Crippen LogP contribution in [0.3, 0.4) is 0 Å². The van der Waals surface area contributed by atoms with Crippen molar-refractivity contribution in [3.63, 3.8) is 0 Å². The Hall–Kier alpha value is -4.08. The van der Waals surface area contributed by atoms with Crippen LogP contribution in [0.2, 0.25) is 0 Å². The van der Waals surface area contributed by atoms with Crippen LogP contribution < -0.4 is 19.8 Å². The van der Waals surface area contributed by atoms with E-state index in [2.05, 4.69) is 0 Å². The fraction of sp³-hybridized carbons (Fsp3) is 0.125. The van der Waals surface area contributed by atoms with Gasteiger partial charge in [-0.15, -0.1) is 0 Å². The summed E-state index contributed by atoms with van der Waals surface area (Å²) in [6.45, 7) is -0.944. The smallest absolute Gasteiger partial charge is 0.344 e. The summed E-state index contributed by atoms with van der Waals surface area (Å²) in [5.74, 6) is -9.48. The summed E-state index contributed by atoms with van der Waals surface area (Å²) in [5.41, 5.74) is -1.14. The number of methoxy groups -OCH3 is 2. The average molecular weight is 478 g/mol. The van der Waals surface area contributed by atoms with Crippen molar-refractivity contribution >= 4 is 11.0 Å². The van der Waals surface area contributed by atoms with Crippen molar-refractivity contribution in [2.75, 3.05) is 14.2 Å². The monoisotopic (exact) mass is 478 g/mol. The molecule has 1 aromatic heterocycles. The van der Waals surface area contributed by atoms with Crippen LogP contribution in [-0.4, -0.2) is 14.2 Å². The first-order chi connectivity index (χ1) is 16.2. The Balaban J connectivity index is 1.68. The molecule has 0 aliphatic heterocycles. The Morgan fingerprint density at radius 2 is 1.38 bits per heavy atom. The van der Waals surface area contributed by atoms with Crippen molar-refractivity contribution in [3.05, 3.63) is 87.5 Å². The highest BCUT2D eigenvalue weighted by Gasteiger charge is 2.26. The van der Waals surface area contributed by atoms with Gasteiger partial charge >= 0.3 is 5.63 Å². The molecule has 10 heteroatoms. The van der Waals surface area contributed by atoms with E-state index < -0.39 is 46.9 Å². The Labute approximate surface area is 188 Å². The first-order valence-electron chi connectivity index (χ1n) is 9.68. The molecule has 0 radical (unpaired) electrons. The van der Waals surface area contributed by atoms with Gasteiger partial charge in [0.15, 0.2) is 23.3 Å². The van der Waals surface area contributed by atoms with Crippen molar-refractivity contribution in [3.8, 4) is 28.4 Å². The molecule has 0 saturated carbocycles. The minimum absolute atomic E-state index is 0.0219. The van der Waals surface area contributed by atoms with Gasteiger partial charge in [0.2, 0.25) is 5.82 Å². The summed E-state index contributed by atoms with van der Waals surface area (Å²) in [6.07, 6.45) is 0. The second-order valence-corrected chi connectivity index (χ2v) is 7.05. The van der Waals surface area contributed by atoms with Crippen molar-refractivity contribution in [2.24, 2.45) is 0 Å². The lowest BCUT2D eigenvalue weighted by atomic mass is 10.0. The van der Waals surface area contributed by atoms with Gasteiger partial charge < -0.3 is 18.6 Å². The van der Waals surface area contributed by atoms with Crippen LogP contribution in [0.4, 0.5) is 22.0 Å². The third kappa shape index (κ3) is 4.02. The molecule has 0 atom stereocenters. The van der Waals surface area contributed by atoms with Crippen LogP contribution in [-0.2, 0) is 6.61 Å². The lowest BCUT2D eigenvalue weighted by Crippen LogP contribution is -2.10. The molecule has 3 aromatic carbocycles. The highest BCUT2D eigenvalue weighted by Crippen LogP contribution is 2.34. The Morgan fingerprint density at radius 3 is 2.03 bits per heavy atom. The SMILES string of the molecule is COc1ccc(OC)c(-c2cc3ccc(OCc4c(F)c(F)c(F)c(F)c4F)cc3oc2=O)c1. The summed E-state index contributed by atoms with van der Waals surface area (Å²) < 4.78 is 88.7. The molecule has 34 heavy (non-hydrogen) atoms. The highest BCUT2D eigenvalue weighted by atomic mass is 19.2. The van der Waals surface area contributed by atoms with Gasteiger partial charge in [0.05, 0.1) is 25.3 Å². The van der Waals surface area contributed by atoms with E-state index in [1.165, 1.54) is 32.4 Å². The van der Waals surface area contributed by atoms with Gasteiger partial charge in [0.25, 0.3) is 0 Å². The normalized spacial score (nSPS) is 11.0. The van der Waals surface area contributed by atoms with Crippen LogP contribution >= 0.6 is 0 Å². The third-order valence-corrected chi connectivity index (χ3v) is 5.09. The minimum Gasteiger partial charge on any atom is -0.497 e. The lowest BCUT2D eigenvalue weighted by Gasteiger charge is -2.12. The number of ether oxygens (including phenoxy) is 3. The molecule has 1 heterocycles. The fourth-order valence-electron chi connectivity index (χ4n) is 3.33. The predicted octanol–water partition coefficient (Wildman–Crippen LogP) is 5.75. The zero-order chi connectivity index (χ0) is 24.6. The van der Waals surface area contributed by atoms with Crippen LogP contribution in [0, 0.1) is 29.1 Å². The summed E-state index contributed by atoms with van der Waals surface area (Å²) in [6, 6.07) is 10.6. The molecule has 0 bridgehead atoms. The summed E-state index contributed by atoms with van der Waals surface area (Å²) in [5, 5.41) is 0.475. The summed E-state index contributed by atoms with van der Waals surface area (Å²) in [4.78, 5) is 12.7. The molecule has 0 aliphatic rings. The van der Waals surface area contributed by atoms with Gasteiger partial charge in [0.1, 0.15) is 29.4 Å². The van der Waals surface area contributed by atoms with Gasteiger partial charge in [-0.05, 0) is 36.4 Å². The lowest BCUT2D eigenvalue weighted by molar-refractivity contribution is 0.279. The van der Waals surface area contributed by atoms with E-state index in [1.54, 1.807) is 24.3 Å². The fourth-order valence-corrected chi connectivity index (χ4v) is 3.33. The number of fused-ring (bicyclic) bond motifs is 1. The zero-order valence-corrected chi connectivity index (χ0v) is 17.7. The van der Waals surface area contributed by atoms with E-state index in [0.29, 0.717) is 22.4 Å². The molecule has 4 aromatic rings. The molecule has 176 valence electrons. The second kappa shape index (κ2) is 9.05. The van der Waals surface area contributed by atoms with E-state index in [-0.39, 0.29) is 16.9 Å². The predicted molar refractivity (Wildman–Crippen MR) is 112 cm³/mol. The molecule has 0 N–H and O–H groups in total. The quantitative estimate of drug-likeness (QED) is 0.153. The highest BCUT2D eigenvalue weighted by molar-refractivity contribution is 5.84. The zero-order valence-electron chi connectivity index (χ0n) is 17.7. The summed E-state index contributed by atoms with van der Waals surface area (Å²) in [7, 11) is 2.92. The van der Waals surface area contributed by atoms with Crippen molar-refractivity contribution in [1.82, 2.24) is 0 Å². The topological polar surface area (TPSA) is 57.9 Å². The van der Waals surface area contributed by atoms with E-state index in [0.717, 1.165) is 0 Å². The van der Waals surface area contributed by atoms with E-state index in [4.69, 9.17) is 18.6 Å².